The van der Waals surface area contributed by atoms with E-state index in [9.17, 15) is 4.79 Å². The molecule has 0 spiro atoms. The molecule has 0 unspecified atom stereocenters. The molecular formula is C21H14O2S. The summed E-state index contributed by atoms with van der Waals surface area (Å²) < 4.78 is 5.99. The lowest BCUT2D eigenvalue weighted by molar-refractivity contribution is 0.103. The third kappa shape index (κ3) is 2.43. The Hall–Kier alpha value is -2.78. The SMILES string of the molecule is Cc1ccc(C(=O)c2cc3c(ccc4ccccc43)oc2=S)cc1. The van der Waals surface area contributed by atoms with Crippen molar-refractivity contribution in [3.05, 3.63) is 88.1 Å². The average Bonchev–Trinajstić information content (AvgIpc) is 2.61. The molecule has 0 aliphatic rings. The zero-order valence-corrected chi connectivity index (χ0v) is 13.9. The topological polar surface area (TPSA) is 30.2 Å². The van der Waals surface area contributed by atoms with Crippen LogP contribution >= 0.6 is 12.2 Å². The fourth-order valence-electron chi connectivity index (χ4n) is 2.89. The van der Waals surface area contributed by atoms with Gasteiger partial charge in [0.1, 0.15) is 5.58 Å². The van der Waals surface area contributed by atoms with E-state index < -0.39 is 0 Å². The van der Waals surface area contributed by atoms with Crippen molar-refractivity contribution in [2.45, 2.75) is 6.92 Å². The van der Waals surface area contributed by atoms with E-state index in [4.69, 9.17) is 16.6 Å². The molecule has 24 heavy (non-hydrogen) atoms. The van der Waals surface area contributed by atoms with Crippen molar-refractivity contribution < 1.29 is 9.21 Å². The van der Waals surface area contributed by atoms with Gasteiger partial charge in [-0.3, -0.25) is 4.79 Å². The van der Waals surface area contributed by atoms with Gasteiger partial charge in [-0.2, -0.15) is 0 Å². The van der Waals surface area contributed by atoms with Gasteiger partial charge in [0.25, 0.3) is 0 Å². The van der Waals surface area contributed by atoms with Crippen LogP contribution in [0.1, 0.15) is 21.5 Å². The molecule has 2 nitrogen and oxygen atoms in total. The van der Waals surface area contributed by atoms with Crippen LogP contribution in [-0.4, -0.2) is 5.78 Å². The number of hydrogen-bond acceptors (Lipinski definition) is 3. The van der Waals surface area contributed by atoms with E-state index in [1.54, 1.807) is 0 Å². The number of rotatable bonds is 2. The molecule has 4 aromatic rings. The van der Waals surface area contributed by atoms with E-state index in [-0.39, 0.29) is 10.5 Å². The largest absolute Gasteiger partial charge is 0.444 e. The highest BCUT2D eigenvalue weighted by Crippen LogP contribution is 2.27. The summed E-state index contributed by atoms with van der Waals surface area (Å²) in [5, 5.41) is 3.05. The van der Waals surface area contributed by atoms with Crippen LogP contribution in [0.15, 0.2) is 71.1 Å². The number of hydrogen-bond donors (Lipinski definition) is 0. The molecule has 1 aromatic heterocycles. The van der Waals surface area contributed by atoms with E-state index in [0.29, 0.717) is 16.7 Å². The van der Waals surface area contributed by atoms with Gasteiger partial charge in [0, 0.05) is 10.9 Å². The predicted molar refractivity (Wildman–Crippen MR) is 99.2 cm³/mol. The second-order valence-electron chi connectivity index (χ2n) is 5.84. The number of benzene rings is 3. The van der Waals surface area contributed by atoms with Crippen LogP contribution in [0.25, 0.3) is 21.7 Å². The predicted octanol–water partition coefficient (Wildman–Crippen LogP) is 5.85. The Kier molecular flexibility index (Phi) is 3.51. The molecular weight excluding hydrogens is 316 g/mol. The molecule has 0 amide bonds. The first-order chi connectivity index (χ1) is 11.6. The minimum atomic E-state index is -0.112. The lowest BCUT2D eigenvalue weighted by atomic mass is 10.0. The second-order valence-corrected chi connectivity index (χ2v) is 6.21. The summed E-state index contributed by atoms with van der Waals surface area (Å²) in [6.45, 7) is 1.99. The van der Waals surface area contributed by atoms with Gasteiger partial charge in [0.2, 0.25) is 4.71 Å². The average molecular weight is 330 g/mol. The Morgan fingerprint density at radius 3 is 2.46 bits per heavy atom. The maximum atomic E-state index is 12.8. The molecule has 0 radical (unpaired) electrons. The van der Waals surface area contributed by atoms with Gasteiger partial charge in [0.15, 0.2) is 5.78 Å². The summed E-state index contributed by atoms with van der Waals surface area (Å²) in [7, 11) is 0. The van der Waals surface area contributed by atoms with Crippen LogP contribution in [0.4, 0.5) is 0 Å². The van der Waals surface area contributed by atoms with Crippen LogP contribution in [0.3, 0.4) is 0 Å². The number of carbonyl (C=O) groups is 1. The second kappa shape index (κ2) is 5.69. The molecule has 3 aromatic carbocycles. The fraction of sp³-hybridized carbons (Fsp3) is 0.0476. The number of ketones is 1. The summed E-state index contributed by atoms with van der Waals surface area (Å²) in [5.41, 5.74) is 2.85. The summed E-state index contributed by atoms with van der Waals surface area (Å²) in [4.78, 5) is 12.8. The molecule has 0 bridgehead atoms. The molecule has 4 rings (SSSR count). The van der Waals surface area contributed by atoms with Gasteiger partial charge < -0.3 is 4.42 Å². The third-order valence-corrected chi connectivity index (χ3v) is 4.50. The number of fused-ring (bicyclic) bond motifs is 3. The van der Waals surface area contributed by atoms with E-state index >= 15 is 0 Å². The lowest BCUT2D eigenvalue weighted by Gasteiger charge is -2.06. The van der Waals surface area contributed by atoms with Crippen LogP contribution in [0.2, 0.25) is 0 Å². The summed E-state index contributed by atoms with van der Waals surface area (Å²) in [6, 6.07) is 21.3. The van der Waals surface area contributed by atoms with Crippen molar-refractivity contribution in [2.24, 2.45) is 0 Å². The zero-order chi connectivity index (χ0) is 16.7. The summed E-state index contributed by atoms with van der Waals surface area (Å²) in [6.07, 6.45) is 0. The van der Waals surface area contributed by atoms with Gasteiger partial charge in [-0.1, -0.05) is 60.2 Å². The molecule has 0 aliphatic heterocycles. The van der Waals surface area contributed by atoms with Gasteiger partial charge in [0.05, 0.1) is 5.56 Å². The fourth-order valence-corrected chi connectivity index (χ4v) is 3.13. The van der Waals surface area contributed by atoms with Crippen LogP contribution in [0.5, 0.6) is 0 Å². The van der Waals surface area contributed by atoms with Crippen molar-refractivity contribution in [1.29, 1.82) is 0 Å². The highest BCUT2D eigenvalue weighted by molar-refractivity contribution is 7.71. The van der Waals surface area contributed by atoms with Gasteiger partial charge >= 0.3 is 0 Å². The Bertz CT molecular complexity index is 1140. The van der Waals surface area contributed by atoms with Crippen molar-refractivity contribution in [3.8, 4) is 0 Å². The first-order valence-electron chi connectivity index (χ1n) is 7.70. The first kappa shape index (κ1) is 14.8. The van der Waals surface area contributed by atoms with Crippen LogP contribution in [-0.2, 0) is 0 Å². The molecule has 0 aliphatic carbocycles. The van der Waals surface area contributed by atoms with Gasteiger partial charge in [-0.25, -0.2) is 0 Å². The maximum absolute atomic E-state index is 12.8. The first-order valence-corrected chi connectivity index (χ1v) is 8.11. The number of carbonyl (C=O) groups excluding carboxylic acids is 1. The summed E-state index contributed by atoms with van der Waals surface area (Å²) >= 11 is 5.32. The smallest absolute Gasteiger partial charge is 0.202 e. The minimum absolute atomic E-state index is 0.112. The molecule has 0 saturated carbocycles. The Labute approximate surface area is 144 Å². The zero-order valence-electron chi connectivity index (χ0n) is 13.1. The van der Waals surface area contributed by atoms with E-state index in [1.807, 2.05) is 73.7 Å². The minimum Gasteiger partial charge on any atom is -0.444 e. The quantitative estimate of drug-likeness (QED) is 0.262. The highest BCUT2D eigenvalue weighted by atomic mass is 32.1. The molecule has 0 atom stereocenters. The third-order valence-electron chi connectivity index (χ3n) is 4.20. The Balaban J connectivity index is 1.96. The highest BCUT2D eigenvalue weighted by Gasteiger charge is 2.14. The van der Waals surface area contributed by atoms with Crippen LogP contribution in [0, 0.1) is 11.6 Å². The maximum Gasteiger partial charge on any atom is 0.202 e. The summed E-state index contributed by atoms with van der Waals surface area (Å²) in [5.74, 6) is -0.112. The molecule has 3 heteroatoms. The van der Waals surface area contributed by atoms with E-state index in [1.165, 1.54) is 0 Å². The lowest BCUT2D eigenvalue weighted by Crippen LogP contribution is -2.02. The van der Waals surface area contributed by atoms with Crippen molar-refractivity contribution in [2.75, 3.05) is 0 Å². The van der Waals surface area contributed by atoms with Gasteiger partial charge in [-0.05, 0) is 42.0 Å². The van der Waals surface area contributed by atoms with Crippen molar-refractivity contribution >= 4 is 39.7 Å². The van der Waals surface area contributed by atoms with Crippen molar-refractivity contribution in [1.82, 2.24) is 0 Å². The monoisotopic (exact) mass is 330 g/mol. The Morgan fingerprint density at radius 2 is 1.67 bits per heavy atom. The standard InChI is InChI=1S/C21H14O2S/c1-13-6-8-15(9-7-13)20(22)18-12-17-16-5-3-2-4-14(16)10-11-19(17)23-21(18)24/h2-12H,1H3. The Morgan fingerprint density at radius 1 is 0.917 bits per heavy atom. The van der Waals surface area contributed by atoms with E-state index in [0.717, 1.165) is 21.7 Å². The molecule has 0 N–H and O–H groups in total. The van der Waals surface area contributed by atoms with Crippen LogP contribution < -0.4 is 0 Å². The number of aryl methyl sites for hydroxylation is 1. The molecule has 1 heterocycles. The van der Waals surface area contributed by atoms with Gasteiger partial charge in [-0.15, -0.1) is 0 Å². The molecule has 0 saturated heterocycles. The molecule has 116 valence electrons. The van der Waals surface area contributed by atoms with Crippen molar-refractivity contribution in [3.63, 3.8) is 0 Å². The normalized spacial score (nSPS) is 11.0. The molecule has 0 fully saturated rings. The van der Waals surface area contributed by atoms with E-state index in [2.05, 4.69) is 0 Å².